The normalized spacial score (nSPS) is 9.78. The number of rotatable bonds is 5. The molecular formula is C12H13ClO5. The second-order valence-corrected chi connectivity index (χ2v) is 3.56. The first-order chi connectivity index (χ1) is 8.56. The number of carbonyl (C=O) groups excluding carboxylic acids is 2. The molecular weight excluding hydrogens is 260 g/mol. The lowest BCUT2D eigenvalue weighted by Gasteiger charge is -2.14. The standard InChI is InChI=1S/C12H13ClO5/c1-4-18-12(15)9-7(11(13)14)5-6-8(16-2)10(9)17-3/h5-6H,4H2,1-3H3. The lowest BCUT2D eigenvalue weighted by atomic mass is 10.1. The molecule has 0 bridgehead atoms. The number of carbonyl (C=O) groups is 2. The molecule has 0 spiro atoms. The van der Waals surface area contributed by atoms with E-state index in [4.69, 9.17) is 25.8 Å². The molecule has 0 fully saturated rings. The molecule has 0 radical (unpaired) electrons. The van der Waals surface area contributed by atoms with E-state index >= 15 is 0 Å². The number of esters is 1. The van der Waals surface area contributed by atoms with Gasteiger partial charge in [0.15, 0.2) is 11.5 Å². The molecule has 0 saturated carbocycles. The van der Waals surface area contributed by atoms with E-state index in [1.807, 2.05) is 0 Å². The Bertz CT molecular complexity index is 470. The van der Waals surface area contributed by atoms with Gasteiger partial charge in [0.05, 0.1) is 26.4 Å². The largest absolute Gasteiger partial charge is 0.493 e. The van der Waals surface area contributed by atoms with E-state index < -0.39 is 11.2 Å². The lowest BCUT2D eigenvalue weighted by molar-refractivity contribution is 0.0519. The summed E-state index contributed by atoms with van der Waals surface area (Å²) in [6.07, 6.45) is 0. The predicted octanol–water partition coefficient (Wildman–Crippen LogP) is 2.26. The van der Waals surface area contributed by atoms with Crippen molar-refractivity contribution in [3.05, 3.63) is 23.3 Å². The van der Waals surface area contributed by atoms with Crippen molar-refractivity contribution in [2.24, 2.45) is 0 Å². The summed E-state index contributed by atoms with van der Waals surface area (Å²) in [7, 11) is 2.79. The first-order valence-corrected chi connectivity index (χ1v) is 5.56. The SMILES string of the molecule is CCOC(=O)c1c(C(=O)Cl)ccc(OC)c1OC. The fraction of sp³-hybridized carbons (Fsp3) is 0.333. The molecule has 1 aromatic rings. The number of methoxy groups -OCH3 is 2. The van der Waals surface area contributed by atoms with Gasteiger partial charge in [-0.2, -0.15) is 0 Å². The number of hydrogen-bond donors (Lipinski definition) is 0. The fourth-order valence-electron chi connectivity index (χ4n) is 1.50. The van der Waals surface area contributed by atoms with Gasteiger partial charge >= 0.3 is 5.97 Å². The van der Waals surface area contributed by atoms with Crippen molar-refractivity contribution in [3.8, 4) is 11.5 Å². The van der Waals surface area contributed by atoms with Gasteiger partial charge in [-0.3, -0.25) is 4.79 Å². The van der Waals surface area contributed by atoms with E-state index in [1.165, 1.54) is 26.4 Å². The lowest BCUT2D eigenvalue weighted by Crippen LogP contribution is -2.12. The molecule has 5 nitrogen and oxygen atoms in total. The molecule has 0 N–H and O–H groups in total. The van der Waals surface area contributed by atoms with Crippen LogP contribution >= 0.6 is 11.6 Å². The van der Waals surface area contributed by atoms with E-state index in [0.717, 1.165) is 0 Å². The van der Waals surface area contributed by atoms with Crippen LogP contribution in [0.4, 0.5) is 0 Å². The number of hydrogen-bond acceptors (Lipinski definition) is 5. The molecule has 6 heteroatoms. The Kier molecular flexibility index (Phi) is 4.97. The maximum Gasteiger partial charge on any atom is 0.342 e. The Morgan fingerprint density at radius 2 is 1.89 bits per heavy atom. The summed E-state index contributed by atoms with van der Waals surface area (Å²) in [4.78, 5) is 23.2. The smallest absolute Gasteiger partial charge is 0.342 e. The van der Waals surface area contributed by atoms with E-state index in [9.17, 15) is 9.59 Å². The van der Waals surface area contributed by atoms with E-state index in [0.29, 0.717) is 5.75 Å². The summed E-state index contributed by atoms with van der Waals surface area (Å²) in [5.41, 5.74) is -0.00790. The maximum atomic E-state index is 11.8. The van der Waals surface area contributed by atoms with Gasteiger partial charge in [-0.1, -0.05) is 0 Å². The minimum absolute atomic E-state index is 0.0211. The third-order valence-electron chi connectivity index (χ3n) is 2.24. The van der Waals surface area contributed by atoms with E-state index in [-0.39, 0.29) is 23.5 Å². The van der Waals surface area contributed by atoms with Crippen LogP contribution in [0, 0.1) is 0 Å². The van der Waals surface area contributed by atoms with Crippen LogP contribution < -0.4 is 9.47 Å². The molecule has 0 unspecified atom stereocenters. The summed E-state index contributed by atoms with van der Waals surface area (Å²) in [5, 5.41) is -0.765. The van der Waals surface area contributed by atoms with Crippen LogP contribution in [-0.4, -0.2) is 32.0 Å². The number of halogens is 1. The highest BCUT2D eigenvalue weighted by molar-refractivity contribution is 6.68. The second kappa shape index (κ2) is 6.26. The van der Waals surface area contributed by atoms with Gasteiger partial charge in [-0.25, -0.2) is 4.79 Å². The van der Waals surface area contributed by atoms with Gasteiger partial charge in [-0.15, -0.1) is 0 Å². The molecule has 0 atom stereocenters. The van der Waals surface area contributed by atoms with Gasteiger partial charge < -0.3 is 14.2 Å². The molecule has 0 heterocycles. The molecule has 0 amide bonds. The van der Waals surface area contributed by atoms with Crippen LogP contribution in [0.1, 0.15) is 27.6 Å². The highest BCUT2D eigenvalue weighted by atomic mass is 35.5. The predicted molar refractivity (Wildman–Crippen MR) is 65.7 cm³/mol. The van der Waals surface area contributed by atoms with Crippen LogP contribution in [0.15, 0.2) is 12.1 Å². The van der Waals surface area contributed by atoms with Crippen molar-refractivity contribution >= 4 is 22.8 Å². The van der Waals surface area contributed by atoms with Crippen molar-refractivity contribution in [2.75, 3.05) is 20.8 Å². The Labute approximate surface area is 110 Å². The Morgan fingerprint density at radius 3 is 2.33 bits per heavy atom. The van der Waals surface area contributed by atoms with Gasteiger partial charge in [0.2, 0.25) is 0 Å². The van der Waals surface area contributed by atoms with Crippen molar-refractivity contribution in [1.29, 1.82) is 0 Å². The molecule has 0 aliphatic rings. The zero-order chi connectivity index (χ0) is 13.7. The second-order valence-electron chi connectivity index (χ2n) is 3.22. The van der Waals surface area contributed by atoms with E-state index in [2.05, 4.69) is 0 Å². The summed E-state index contributed by atoms with van der Waals surface area (Å²) in [5.74, 6) is -0.234. The van der Waals surface area contributed by atoms with Crippen LogP contribution in [0.2, 0.25) is 0 Å². The monoisotopic (exact) mass is 272 g/mol. The number of benzene rings is 1. The van der Waals surface area contributed by atoms with Crippen molar-refractivity contribution in [2.45, 2.75) is 6.92 Å². The van der Waals surface area contributed by atoms with Gasteiger partial charge in [0.25, 0.3) is 5.24 Å². The van der Waals surface area contributed by atoms with E-state index in [1.54, 1.807) is 6.92 Å². The first-order valence-electron chi connectivity index (χ1n) is 5.18. The highest BCUT2D eigenvalue weighted by Gasteiger charge is 2.25. The quantitative estimate of drug-likeness (QED) is 0.608. The van der Waals surface area contributed by atoms with Crippen molar-refractivity contribution < 1.29 is 23.8 Å². The molecule has 1 rings (SSSR count). The number of ether oxygens (including phenoxy) is 3. The van der Waals surface area contributed by atoms with Gasteiger partial charge in [0.1, 0.15) is 5.56 Å². The Morgan fingerprint density at radius 1 is 1.22 bits per heavy atom. The summed E-state index contributed by atoms with van der Waals surface area (Å²) in [6, 6.07) is 2.89. The van der Waals surface area contributed by atoms with Crippen LogP contribution in [0.3, 0.4) is 0 Å². The first kappa shape index (κ1) is 14.3. The molecule has 0 aliphatic carbocycles. The summed E-state index contributed by atoms with van der Waals surface area (Å²) in [6.45, 7) is 1.84. The summed E-state index contributed by atoms with van der Waals surface area (Å²) < 4.78 is 15.0. The summed E-state index contributed by atoms with van der Waals surface area (Å²) >= 11 is 5.43. The topological polar surface area (TPSA) is 61.8 Å². The Balaban J connectivity index is 3.48. The van der Waals surface area contributed by atoms with Gasteiger partial charge in [-0.05, 0) is 30.7 Å². The fourth-order valence-corrected chi connectivity index (χ4v) is 1.65. The average molecular weight is 273 g/mol. The van der Waals surface area contributed by atoms with Crippen LogP contribution in [0.5, 0.6) is 11.5 Å². The van der Waals surface area contributed by atoms with Crippen molar-refractivity contribution in [1.82, 2.24) is 0 Å². The molecule has 18 heavy (non-hydrogen) atoms. The minimum Gasteiger partial charge on any atom is -0.493 e. The maximum absolute atomic E-state index is 11.8. The van der Waals surface area contributed by atoms with Gasteiger partial charge in [0, 0.05) is 0 Å². The third kappa shape index (κ3) is 2.73. The average Bonchev–Trinajstić information content (AvgIpc) is 2.36. The van der Waals surface area contributed by atoms with Crippen LogP contribution in [0.25, 0.3) is 0 Å². The van der Waals surface area contributed by atoms with Crippen molar-refractivity contribution in [3.63, 3.8) is 0 Å². The van der Waals surface area contributed by atoms with Crippen LogP contribution in [-0.2, 0) is 4.74 Å². The third-order valence-corrected chi connectivity index (χ3v) is 2.44. The molecule has 0 aliphatic heterocycles. The minimum atomic E-state index is -0.765. The molecule has 1 aromatic carbocycles. The highest BCUT2D eigenvalue weighted by Crippen LogP contribution is 2.34. The zero-order valence-electron chi connectivity index (χ0n) is 10.3. The Hall–Kier alpha value is -1.75. The molecule has 98 valence electrons. The molecule has 0 aromatic heterocycles. The zero-order valence-corrected chi connectivity index (χ0v) is 11.0. The molecule has 0 saturated heterocycles.